The summed E-state index contributed by atoms with van der Waals surface area (Å²) in [5.41, 5.74) is 1.10. The number of halogens is 1. The predicted molar refractivity (Wildman–Crippen MR) is 92.7 cm³/mol. The Balaban J connectivity index is 1.99. The van der Waals surface area contributed by atoms with Gasteiger partial charge in [0.05, 0.1) is 5.56 Å². The maximum atomic E-state index is 12.1. The van der Waals surface area contributed by atoms with Crippen molar-refractivity contribution in [3.8, 4) is 5.75 Å². The van der Waals surface area contributed by atoms with E-state index in [9.17, 15) is 9.59 Å². The second-order valence-electron chi connectivity index (χ2n) is 5.04. The third-order valence-corrected chi connectivity index (χ3v) is 3.54. The summed E-state index contributed by atoms with van der Waals surface area (Å²) in [6.45, 7) is -0.173. The highest BCUT2D eigenvalue weighted by molar-refractivity contribution is 9.10. The molecule has 5 nitrogen and oxygen atoms in total. The Kier molecular flexibility index (Phi) is 5.76. The second-order valence-corrected chi connectivity index (χ2v) is 5.96. The monoisotopic (exact) mass is 376 g/mol. The Bertz CT molecular complexity index is 699. The maximum Gasteiger partial charge on any atom is 0.262 e. The summed E-state index contributed by atoms with van der Waals surface area (Å²) in [6, 6.07) is 14.1. The smallest absolute Gasteiger partial charge is 0.262 e. The first-order valence-corrected chi connectivity index (χ1v) is 7.75. The van der Waals surface area contributed by atoms with Crippen LogP contribution in [-0.2, 0) is 4.79 Å². The number of nitrogens with one attached hydrogen (secondary N) is 1. The van der Waals surface area contributed by atoms with E-state index in [1.54, 1.807) is 50.5 Å². The highest BCUT2D eigenvalue weighted by atomic mass is 79.9. The summed E-state index contributed by atoms with van der Waals surface area (Å²) in [7, 11) is 3.33. The molecule has 0 saturated carbocycles. The molecule has 0 aliphatic heterocycles. The fraction of sp³-hybridized carbons (Fsp3) is 0.176. The van der Waals surface area contributed by atoms with E-state index in [-0.39, 0.29) is 18.4 Å². The minimum Gasteiger partial charge on any atom is -0.483 e. The van der Waals surface area contributed by atoms with Crippen LogP contribution in [0.1, 0.15) is 10.4 Å². The number of hydrogen-bond donors (Lipinski definition) is 1. The number of rotatable bonds is 5. The Morgan fingerprint density at radius 2 is 1.74 bits per heavy atom. The van der Waals surface area contributed by atoms with Crippen molar-refractivity contribution in [2.24, 2.45) is 0 Å². The van der Waals surface area contributed by atoms with Gasteiger partial charge < -0.3 is 15.0 Å². The van der Waals surface area contributed by atoms with Gasteiger partial charge in [0, 0.05) is 24.3 Å². The first-order chi connectivity index (χ1) is 11.0. The van der Waals surface area contributed by atoms with Gasteiger partial charge in [0.1, 0.15) is 5.75 Å². The van der Waals surface area contributed by atoms with Crippen molar-refractivity contribution in [3.63, 3.8) is 0 Å². The molecule has 2 rings (SSSR count). The van der Waals surface area contributed by atoms with Gasteiger partial charge in [-0.3, -0.25) is 9.59 Å². The van der Waals surface area contributed by atoms with Gasteiger partial charge in [-0.2, -0.15) is 0 Å². The van der Waals surface area contributed by atoms with E-state index in [1.807, 2.05) is 12.1 Å². The number of hydrogen-bond acceptors (Lipinski definition) is 3. The largest absolute Gasteiger partial charge is 0.483 e. The minimum absolute atomic E-state index is 0.172. The number of ether oxygens (including phenoxy) is 1. The van der Waals surface area contributed by atoms with Crippen molar-refractivity contribution in [2.45, 2.75) is 0 Å². The fourth-order valence-electron chi connectivity index (χ4n) is 1.88. The topological polar surface area (TPSA) is 58.6 Å². The number of carbonyl (C=O) groups is 2. The van der Waals surface area contributed by atoms with Gasteiger partial charge in [-0.25, -0.2) is 0 Å². The molecular formula is C17H17BrN2O3. The summed E-state index contributed by atoms with van der Waals surface area (Å²) in [5, 5.41) is 2.73. The summed E-state index contributed by atoms with van der Waals surface area (Å²) in [6.07, 6.45) is 0. The van der Waals surface area contributed by atoms with Crippen LogP contribution in [0.2, 0.25) is 0 Å². The molecule has 2 aromatic rings. The lowest BCUT2D eigenvalue weighted by Gasteiger charge is -2.14. The average Bonchev–Trinajstić information content (AvgIpc) is 2.54. The molecule has 0 aliphatic rings. The average molecular weight is 377 g/mol. The van der Waals surface area contributed by atoms with Crippen LogP contribution in [0.15, 0.2) is 53.0 Å². The quantitative estimate of drug-likeness (QED) is 0.871. The number of benzene rings is 2. The molecule has 0 aliphatic carbocycles. The summed E-state index contributed by atoms with van der Waals surface area (Å²) >= 11 is 3.33. The van der Waals surface area contributed by atoms with Crippen molar-refractivity contribution in [1.82, 2.24) is 4.90 Å². The molecule has 0 heterocycles. The lowest BCUT2D eigenvalue weighted by atomic mass is 10.2. The van der Waals surface area contributed by atoms with E-state index in [1.165, 1.54) is 4.90 Å². The van der Waals surface area contributed by atoms with Crippen LogP contribution in [0, 0.1) is 0 Å². The van der Waals surface area contributed by atoms with Crippen molar-refractivity contribution >= 4 is 33.4 Å². The molecule has 0 saturated heterocycles. The standard InChI is InChI=1S/C17H17BrN2O3/c1-20(2)17(22)14-5-3-4-6-15(14)23-11-16(21)19-13-9-7-12(18)8-10-13/h3-10H,11H2,1-2H3,(H,19,21). The van der Waals surface area contributed by atoms with Crippen molar-refractivity contribution in [3.05, 3.63) is 58.6 Å². The van der Waals surface area contributed by atoms with Crippen LogP contribution in [0.25, 0.3) is 0 Å². The fourth-order valence-corrected chi connectivity index (χ4v) is 2.15. The Hall–Kier alpha value is -2.34. The van der Waals surface area contributed by atoms with Crippen LogP contribution >= 0.6 is 15.9 Å². The van der Waals surface area contributed by atoms with Crippen LogP contribution < -0.4 is 10.1 Å². The highest BCUT2D eigenvalue weighted by Crippen LogP contribution is 2.19. The first-order valence-electron chi connectivity index (χ1n) is 6.96. The molecule has 0 fully saturated rings. The van der Waals surface area contributed by atoms with Gasteiger partial charge in [-0.05, 0) is 36.4 Å². The first kappa shape index (κ1) is 17.0. The third kappa shape index (κ3) is 4.82. The van der Waals surface area contributed by atoms with Crippen LogP contribution in [0.4, 0.5) is 5.69 Å². The van der Waals surface area contributed by atoms with Gasteiger partial charge in [-0.15, -0.1) is 0 Å². The van der Waals surface area contributed by atoms with Crippen molar-refractivity contribution in [1.29, 1.82) is 0 Å². The van der Waals surface area contributed by atoms with E-state index in [4.69, 9.17) is 4.74 Å². The Morgan fingerprint density at radius 1 is 1.09 bits per heavy atom. The van der Waals surface area contributed by atoms with Gasteiger partial charge >= 0.3 is 0 Å². The predicted octanol–water partition coefficient (Wildman–Crippen LogP) is 3.17. The van der Waals surface area contributed by atoms with Crippen molar-refractivity contribution < 1.29 is 14.3 Å². The van der Waals surface area contributed by atoms with E-state index in [2.05, 4.69) is 21.2 Å². The number of para-hydroxylation sites is 1. The molecule has 0 aromatic heterocycles. The van der Waals surface area contributed by atoms with Gasteiger partial charge in [0.15, 0.2) is 6.61 Å². The molecular weight excluding hydrogens is 360 g/mol. The van der Waals surface area contributed by atoms with Crippen LogP contribution in [0.3, 0.4) is 0 Å². The number of carbonyl (C=O) groups excluding carboxylic acids is 2. The molecule has 2 amide bonds. The van der Waals surface area contributed by atoms with Crippen molar-refractivity contribution in [2.75, 3.05) is 26.0 Å². The molecule has 0 unspecified atom stereocenters. The molecule has 6 heteroatoms. The number of anilines is 1. The summed E-state index contributed by atoms with van der Waals surface area (Å²) < 4.78 is 6.43. The summed E-state index contributed by atoms with van der Waals surface area (Å²) in [4.78, 5) is 25.5. The second kappa shape index (κ2) is 7.78. The van der Waals surface area contributed by atoms with Crippen LogP contribution in [-0.4, -0.2) is 37.4 Å². The molecule has 1 N–H and O–H groups in total. The molecule has 0 spiro atoms. The zero-order valence-corrected chi connectivity index (χ0v) is 14.5. The highest BCUT2D eigenvalue weighted by Gasteiger charge is 2.14. The van der Waals surface area contributed by atoms with Crippen LogP contribution in [0.5, 0.6) is 5.75 Å². The molecule has 0 atom stereocenters. The minimum atomic E-state index is -0.292. The molecule has 2 aromatic carbocycles. The SMILES string of the molecule is CN(C)C(=O)c1ccccc1OCC(=O)Nc1ccc(Br)cc1. The Morgan fingerprint density at radius 3 is 2.39 bits per heavy atom. The number of nitrogens with zero attached hydrogens (tertiary/aromatic N) is 1. The van der Waals surface area contributed by atoms with Gasteiger partial charge in [0.2, 0.25) is 0 Å². The van der Waals surface area contributed by atoms with E-state index < -0.39 is 0 Å². The zero-order chi connectivity index (χ0) is 16.8. The third-order valence-electron chi connectivity index (χ3n) is 3.01. The van der Waals surface area contributed by atoms with E-state index in [0.717, 1.165) is 4.47 Å². The van der Waals surface area contributed by atoms with E-state index >= 15 is 0 Å². The molecule has 23 heavy (non-hydrogen) atoms. The zero-order valence-electron chi connectivity index (χ0n) is 12.9. The Labute approximate surface area is 143 Å². The number of amides is 2. The lowest BCUT2D eigenvalue weighted by molar-refractivity contribution is -0.118. The maximum absolute atomic E-state index is 12.1. The normalized spacial score (nSPS) is 10.0. The van der Waals surface area contributed by atoms with Gasteiger partial charge in [-0.1, -0.05) is 28.1 Å². The summed E-state index contributed by atoms with van der Waals surface area (Å²) in [5.74, 6) is -0.0782. The van der Waals surface area contributed by atoms with Gasteiger partial charge in [0.25, 0.3) is 11.8 Å². The van der Waals surface area contributed by atoms with E-state index in [0.29, 0.717) is 17.0 Å². The lowest BCUT2D eigenvalue weighted by Crippen LogP contribution is -2.24. The molecule has 120 valence electrons. The molecule has 0 radical (unpaired) electrons. The molecule has 0 bridgehead atoms.